The van der Waals surface area contributed by atoms with Gasteiger partial charge < -0.3 is 5.32 Å². The van der Waals surface area contributed by atoms with Crippen molar-refractivity contribution in [3.63, 3.8) is 0 Å². The molecular weight excluding hydrogens is 234 g/mol. The second-order valence-electron chi connectivity index (χ2n) is 6.09. The summed E-state index contributed by atoms with van der Waals surface area (Å²) in [6.07, 6.45) is 4.82. The number of rotatable bonds is 8. The van der Waals surface area contributed by atoms with Gasteiger partial charge in [-0.3, -0.25) is 4.68 Å². The van der Waals surface area contributed by atoms with Crippen molar-refractivity contribution in [1.82, 2.24) is 15.1 Å². The van der Waals surface area contributed by atoms with Gasteiger partial charge in [-0.25, -0.2) is 0 Å². The summed E-state index contributed by atoms with van der Waals surface area (Å²) in [5.74, 6) is 0.755. The lowest BCUT2D eigenvalue weighted by atomic mass is 9.96. The first-order valence-electron chi connectivity index (χ1n) is 7.68. The largest absolute Gasteiger partial charge is 0.314 e. The number of hydrogen-bond acceptors (Lipinski definition) is 2. The van der Waals surface area contributed by atoms with Crippen molar-refractivity contribution in [2.45, 2.75) is 66.3 Å². The fourth-order valence-electron chi connectivity index (χ4n) is 2.72. The predicted molar refractivity (Wildman–Crippen MR) is 82.5 cm³/mol. The Labute approximate surface area is 118 Å². The maximum Gasteiger partial charge on any atom is 0.0628 e. The van der Waals surface area contributed by atoms with Crippen molar-refractivity contribution in [1.29, 1.82) is 0 Å². The van der Waals surface area contributed by atoms with Gasteiger partial charge in [0.15, 0.2) is 0 Å². The average Bonchev–Trinajstić information content (AvgIpc) is 2.57. The molecule has 1 aromatic rings. The van der Waals surface area contributed by atoms with Crippen LogP contribution in [-0.4, -0.2) is 22.4 Å². The third kappa shape index (κ3) is 4.98. The molecule has 0 radical (unpaired) electrons. The van der Waals surface area contributed by atoms with Gasteiger partial charge in [-0.1, -0.05) is 20.8 Å². The molecule has 0 amide bonds. The van der Waals surface area contributed by atoms with Crippen LogP contribution in [0.5, 0.6) is 0 Å². The van der Waals surface area contributed by atoms with E-state index in [-0.39, 0.29) is 0 Å². The molecule has 1 unspecified atom stereocenters. The topological polar surface area (TPSA) is 29.9 Å². The summed E-state index contributed by atoms with van der Waals surface area (Å²) < 4.78 is 2.00. The zero-order valence-corrected chi connectivity index (χ0v) is 13.6. The van der Waals surface area contributed by atoms with Crippen LogP contribution in [0.1, 0.15) is 57.0 Å². The molecule has 1 rings (SSSR count). The summed E-state index contributed by atoms with van der Waals surface area (Å²) in [7, 11) is 2.03. The highest BCUT2D eigenvalue weighted by atomic mass is 15.3. The first-order chi connectivity index (χ1) is 8.95. The molecule has 1 aromatic heterocycles. The minimum atomic E-state index is 0.638. The fourth-order valence-corrected chi connectivity index (χ4v) is 2.72. The second kappa shape index (κ2) is 7.68. The predicted octanol–water partition coefficient (Wildman–Crippen LogP) is 3.38. The molecule has 3 nitrogen and oxygen atoms in total. The van der Waals surface area contributed by atoms with Gasteiger partial charge in [0.25, 0.3) is 0 Å². The molecule has 0 aliphatic carbocycles. The number of nitrogens with one attached hydrogen (secondary N) is 1. The van der Waals surface area contributed by atoms with Crippen molar-refractivity contribution in [3.8, 4) is 0 Å². The Morgan fingerprint density at radius 2 is 1.95 bits per heavy atom. The summed E-state index contributed by atoms with van der Waals surface area (Å²) in [6, 6.07) is 0.638. The van der Waals surface area contributed by atoms with Gasteiger partial charge in [0.05, 0.1) is 5.69 Å². The van der Waals surface area contributed by atoms with Crippen LogP contribution in [-0.2, 0) is 13.5 Å². The summed E-state index contributed by atoms with van der Waals surface area (Å²) >= 11 is 0. The SMILES string of the molecule is CCCNC(CCc1c(C)nn(C)c1C)CC(C)C. The summed E-state index contributed by atoms with van der Waals surface area (Å²) in [6.45, 7) is 12.3. The van der Waals surface area contributed by atoms with Crippen LogP contribution in [0.4, 0.5) is 0 Å². The Hall–Kier alpha value is -0.830. The standard InChI is InChI=1S/C16H31N3/c1-7-10-17-15(11-12(2)3)8-9-16-13(4)18-19(6)14(16)5/h12,15,17H,7-11H2,1-6H3. The van der Waals surface area contributed by atoms with E-state index in [4.69, 9.17) is 0 Å². The van der Waals surface area contributed by atoms with Gasteiger partial charge in [-0.05, 0) is 57.6 Å². The average molecular weight is 265 g/mol. The normalized spacial score (nSPS) is 13.2. The lowest BCUT2D eigenvalue weighted by Gasteiger charge is -2.20. The van der Waals surface area contributed by atoms with Crippen LogP contribution >= 0.6 is 0 Å². The number of nitrogens with zero attached hydrogens (tertiary/aromatic N) is 2. The van der Waals surface area contributed by atoms with Crippen LogP contribution in [0.15, 0.2) is 0 Å². The van der Waals surface area contributed by atoms with Gasteiger partial charge in [0, 0.05) is 18.8 Å². The summed E-state index contributed by atoms with van der Waals surface area (Å²) in [4.78, 5) is 0. The molecular formula is C16H31N3. The smallest absolute Gasteiger partial charge is 0.0628 e. The van der Waals surface area contributed by atoms with E-state index >= 15 is 0 Å². The first kappa shape index (κ1) is 16.2. The fraction of sp³-hybridized carbons (Fsp3) is 0.812. The molecule has 19 heavy (non-hydrogen) atoms. The van der Waals surface area contributed by atoms with Crippen LogP contribution in [0.3, 0.4) is 0 Å². The van der Waals surface area contributed by atoms with E-state index in [2.05, 4.69) is 45.0 Å². The van der Waals surface area contributed by atoms with Gasteiger partial charge in [0.2, 0.25) is 0 Å². The number of aryl methyl sites for hydroxylation is 2. The van der Waals surface area contributed by atoms with E-state index in [1.54, 1.807) is 0 Å². The van der Waals surface area contributed by atoms with Gasteiger partial charge in [-0.15, -0.1) is 0 Å². The maximum absolute atomic E-state index is 4.51. The maximum atomic E-state index is 4.51. The molecule has 0 saturated carbocycles. The van der Waals surface area contributed by atoms with Crippen molar-refractivity contribution in [2.24, 2.45) is 13.0 Å². The van der Waals surface area contributed by atoms with Crippen LogP contribution in [0, 0.1) is 19.8 Å². The van der Waals surface area contributed by atoms with Crippen molar-refractivity contribution < 1.29 is 0 Å². The van der Waals surface area contributed by atoms with Crippen molar-refractivity contribution in [2.75, 3.05) is 6.54 Å². The first-order valence-corrected chi connectivity index (χ1v) is 7.68. The number of aromatic nitrogens is 2. The Kier molecular flexibility index (Phi) is 6.56. The van der Waals surface area contributed by atoms with E-state index in [1.165, 1.54) is 36.2 Å². The molecule has 0 bridgehead atoms. The Bertz CT molecular complexity index is 380. The molecule has 110 valence electrons. The molecule has 0 fully saturated rings. The quantitative estimate of drug-likeness (QED) is 0.781. The van der Waals surface area contributed by atoms with Crippen molar-refractivity contribution >= 4 is 0 Å². The third-order valence-electron chi connectivity index (χ3n) is 3.84. The van der Waals surface area contributed by atoms with Gasteiger partial charge >= 0.3 is 0 Å². The minimum absolute atomic E-state index is 0.638. The molecule has 1 atom stereocenters. The van der Waals surface area contributed by atoms with E-state index in [0.717, 1.165) is 18.9 Å². The highest BCUT2D eigenvalue weighted by Crippen LogP contribution is 2.17. The Morgan fingerprint density at radius 3 is 2.42 bits per heavy atom. The summed E-state index contributed by atoms with van der Waals surface area (Å²) in [5, 5.41) is 8.20. The van der Waals surface area contributed by atoms with E-state index < -0.39 is 0 Å². The molecule has 0 aliphatic heterocycles. The molecule has 1 heterocycles. The second-order valence-corrected chi connectivity index (χ2v) is 6.09. The van der Waals surface area contributed by atoms with Crippen LogP contribution in [0.25, 0.3) is 0 Å². The Balaban J connectivity index is 2.59. The Morgan fingerprint density at radius 1 is 1.26 bits per heavy atom. The lowest BCUT2D eigenvalue weighted by molar-refractivity contribution is 0.398. The van der Waals surface area contributed by atoms with Crippen molar-refractivity contribution in [3.05, 3.63) is 17.0 Å². The molecule has 0 spiro atoms. The third-order valence-corrected chi connectivity index (χ3v) is 3.84. The van der Waals surface area contributed by atoms with Crippen LogP contribution < -0.4 is 5.32 Å². The van der Waals surface area contributed by atoms with E-state index in [1.807, 2.05) is 11.7 Å². The zero-order chi connectivity index (χ0) is 14.4. The molecule has 0 aromatic carbocycles. The monoisotopic (exact) mass is 265 g/mol. The summed E-state index contributed by atoms with van der Waals surface area (Å²) in [5.41, 5.74) is 3.95. The molecule has 1 N–H and O–H groups in total. The molecule has 3 heteroatoms. The van der Waals surface area contributed by atoms with E-state index in [9.17, 15) is 0 Å². The highest BCUT2D eigenvalue weighted by molar-refractivity contribution is 5.24. The highest BCUT2D eigenvalue weighted by Gasteiger charge is 2.14. The number of hydrogen-bond donors (Lipinski definition) is 1. The molecule has 0 saturated heterocycles. The van der Waals surface area contributed by atoms with Gasteiger partial charge in [0.1, 0.15) is 0 Å². The minimum Gasteiger partial charge on any atom is -0.314 e. The molecule has 0 aliphatic rings. The van der Waals surface area contributed by atoms with Crippen LogP contribution in [0.2, 0.25) is 0 Å². The lowest BCUT2D eigenvalue weighted by Crippen LogP contribution is -2.31. The van der Waals surface area contributed by atoms with E-state index in [0.29, 0.717) is 6.04 Å². The zero-order valence-electron chi connectivity index (χ0n) is 13.6. The van der Waals surface area contributed by atoms with Gasteiger partial charge in [-0.2, -0.15) is 5.10 Å².